The van der Waals surface area contributed by atoms with Crippen molar-refractivity contribution in [3.63, 3.8) is 0 Å². The first-order chi connectivity index (χ1) is 10.9. The van der Waals surface area contributed by atoms with Crippen molar-refractivity contribution < 1.29 is 9.47 Å². The van der Waals surface area contributed by atoms with Crippen LogP contribution in [0.15, 0.2) is 31.1 Å². The van der Waals surface area contributed by atoms with E-state index in [9.17, 15) is 0 Å². The summed E-state index contributed by atoms with van der Waals surface area (Å²) in [6, 6.07) is 0. The fraction of sp³-hybridized carbons (Fsp3) is 0.625. The molecule has 2 aromatic rings. The maximum atomic E-state index is 5.31. The normalized spacial score (nSPS) is 10.3. The molecule has 0 saturated carbocycles. The van der Waals surface area contributed by atoms with Gasteiger partial charge in [-0.3, -0.25) is 0 Å². The van der Waals surface area contributed by atoms with E-state index in [4.69, 9.17) is 9.47 Å². The average Bonchev–Trinajstić information content (AvgIpc) is 3.22. The molecule has 0 aliphatic rings. The summed E-state index contributed by atoms with van der Waals surface area (Å²) in [5.41, 5.74) is 0. The molecule has 2 rings (SSSR count). The summed E-state index contributed by atoms with van der Waals surface area (Å²) in [5, 5.41) is 0. The zero-order valence-corrected chi connectivity index (χ0v) is 13.7. The van der Waals surface area contributed by atoms with E-state index in [0.717, 1.165) is 58.1 Å². The van der Waals surface area contributed by atoms with Gasteiger partial charge >= 0.3 is 0 Å². The van der Waals surface area contributed by atoms with E-state index < -0.39 is 0 Å². The van der Waals surface area contributed by atoms with Crippen molar-refractivity contribution in [2.24, 2.45) is 0 Å². The summed E-state index contributed by atoms with van der Waals surface area (Å²) in [6.45, 7) is 8.37. The molecule has 22 heavy (non-hydrogen) atoms. The number of hydrogen-bond donors (Lipinski definition) is 1. The number of rotatable bonds is 10. The molecule has 6 nitrogen and oxygen atoms in total. The Kier molecular flexibility index (Phi) is 10.9. The summed E-state index contributed by atoms with van der Waals surface area (Å²) < 4.78 is 12.6. The monoisotopic (exact) mass is 308 g/mol. The van der Waals surface area contributed by atoms with Gasteiger partial charge in [0, 0.05) is 51.0 Å². The molecular formula is C16H28N4O2. The zero-order chi connectivity index (χ0) is 15.9. The van der Waals surface area contributed by atoms with Crippen LogP contribution in [0, 0.1) is 0 Å². The van der Waals surface area contributed by atoms with Gasteiger partial charge in [0.25, 0.3) is 0 Å². The van der Waals surface area contributed by atoms with Gasteiger partial charge in [-0.15, -0.1) is 0 Å². The molecular weight excluding hydrogens is 280 g/mol. The molecule has 2 aromatic heterocycles. The van der Waals surface area contributed by atoms with Crippen LogP contribution in [-0.4, -0.2) is 45.9 Å². The number of aromatic nitrogens is 4. The van der Waals surface area contributed by atoms with E-state index in [1.165, 1.54) is 0 Å². The number of nitrogens with zero attached hydrogens (tertiary/aromatic N) is 3. The van der Waals surface area contributed by atoms with Crippen LogP contribution in [0.4, 0.5) is 0 Å². The average molecular weight is 308 g/mol. The number of imidazole rings is 2. The third-order valence-corrected chi connectivity index (χ3v) is 2.79. The van der Waals surface area contributed by atoms with Gasteiger partial charge in [0.1, 0.15) is 5.82 Å². The minimum Gasteiger partial charge on any atom is -0.381 e. The maximum absolute atomic E-state index is 5.31. The lowest BCUT2D eigenvalue weighted by Crippen LogP contribution is -2.04. The van der Waals surface area contributed by atoms with E-state index in [2.05, 4.69) is 28.8 Å². The highest BCUT2D eigenvalue weighted by Gasteiger charge is 1.92. The molecule has 0 spiro atoms. The van der Waals surface area contributed by atoms with E-state index in [1.54, 1.807) is 18.7 Å². The van der Waals surface area contributed by atoms with Crippen molar-refractivity contribution >= 4 is 0 Å². The predicted molar refractivity (Wildman–Crippen MR) is 86.7 cm³/mol. The predicted octanol–water partition coefficient (Wildman–Crippen LogP) is 2.69. The Morgan fingerprint density at radius 2 is 1.82 bits per heavy atom. The van der Waals surface area contributed by atoms with Crippen molar-refractivity contribution in [1.82, 2.24) is 19.5 Å². The molecule has 1 N–H and O–H groups in total. The second kappa shape index (κ2) is 13.0. The van der Waals surface area contributed by atoms with Gasteiger partial charge < -0.3 is 19.0 Å². The minimum atomic E-state index is 0.765. The highest BCUT2D eigenvalue weighted by atomic mass is 16.5. The Morgan fingerprint density at radius 1 is 1.05 bits per heavy atom. The molecule has 0 aliphatic carbocycles. The van der Waals surface area contributed by atoms with Crippen LogP contribution in [0.3, 0.4) is 0 Å². The molecule has 0 aromatic carbocycles. The van der Waals surface area contributed by atoms with Crippen molar-refractivity contribution in [2.75, 3.05) is 26.4 Å². The van der Waals surface area contributed by atoms with Crippen LogP contribution in [0.5, 0.6) is 0 Å². The topological polar surface area (TPSA) is 65.0 Å². The van der Waals surface area contributed by atoms with E-state index in [0.29, 0.717) is 0 Å². The van der Waals surface area contributed by atoms with Crippen LogP contribution in [0.25, 0.3) is 0 Å². The van der Waals surface area contributed by atoms with Gasteiger partial charge in [-0.25, -0.2) is 9.97 Å². The number of hydrogen-bond acceptors (Lipinski definition) is 4. The third-order valence-electron chi connectivity index (χ3n) is 2.79. The second-order valence-electron chi connectivity index (χ2n) is 4.81. The van der Waals surface area contributed by atoms with E-state index in [1.807, 2.05) is 17.0 Å². The quantitative estimate of drug-likeness (QED) is 0.685. The van der Waals surface area contributed by atoms with Crippen LogP contribution >= 0.6 is 0 Å². The molecule has 0 radical (unpaired) electrons. The SMILES string of the molecule is CCCOCCc1ncc[nH]1.CCCOCCn1ccnc1. The number of nitrogens with one attached hydrogen (secondary N) is 1. The molecule has 0 atom stereocenters. The Labute approximate surface area is 132 Å². The lowest BCUT2D eigenvalue weighted by molar-refractivity contribution is 0.127. The largest absolute Gasteiger partial charge is 0.381 e. The standard InChI is InChI=1S/2C8H14N2O/c1-2-6-11-7-3-8-9-4-5-10-8;1-2-6-11-7-5-10-4-3-9-8-10/h4-5H,2-3,6-7H2,1H3,(H,9,10);3-4,8H,2,5-7H2,1H3. The fourth-order valence-corrected chi connectivity index (χ4v) is 1.69. The highest BCUT2D eigenvalue weighted by molar-refractivity contribution is 4.86. The summed E-state index contributed by atoms with van der Waals surface area (Å²) >= 11 is 0. The lowest BCUT2D eigenvalue weighted by atomic mass is 10.4. The van der Waals surface area contributed by atoms with Gasteiger partial charge in [-0.2, -0.15) is 0 Å². The van der Waals surface area contributed by atoms with Gasteiger partial charge in [0.15, 0.2) is 0 Å². The molecule has 124 valence electrons. The lowest BCUT2D eigenvalue weighted by Gasteiger charge is -2.02. The third kappa shape index (κ3) is 9.31. The molecule has 0 unspecified atom stereocenters. The molecule has 0 bridgehead atoms. The molecule has 0 amide bonds. The van der Waals surface area contributed by atoms with Crippen molar-refractivity contribution in [3.8, 4) is 0 Å². The minimum absolute atomic E-state index is 0.765. The number of ether oxygens (including phenoxy) is 2. The Hall–Kier alpha value is -1.66. The van der Waals surface area contributed by atoms with E-state index >= 15 is 0 Å². The molecule has 0 saturated heterocycles. The van der Waals surface area contributed by atoms with Crippen LogP contribution in [-0.2, 0) is 22.4 Å². The molecule has 0 fully saturated rings. The summed E-state index contributed by atoms with van der Waals surface area (Å²) in [6.07, 6.45) is 12.2. The Balaban J connectivity index is 0.000000220. The first-order valence-corrected chi connectivity index (χ1v) is 7.96. The number of aromatic amines is 1. The molecule has 6 heteroatoms. The van der Waals surface area contributed by atoms with Gasteiger partial charge in [0.05, 0.1) is 19.5 Å². The summed E-state index contributed by atoms with van der Waals surface area (Å²) in [7, 11) is 0. The van der Waals surface area contributed by atoms with Crippen molar-refractivity contribution in [1.29, 1.82) is 0 Å². The first kappa shape index (κ1) is 18.4. The second-order valence-corrected chi connectivity index (χ2v) is 4.81. The summed E-state index contributed by atoms with van der Waals surface area (Å²) in [5.74, 6) is 1.00. The maximum Gasteiger partial charge on any atom is 0.108 e. The van der Waals surface area contributed by atoms with Gasteiger partial charge in [-0.05, 0) is 12.8 Å². The van der Waals surface area contributed by atoms with Crippen molar-refractivity contribution in [2.45, 2.75) is 39.7 Å². The first-order valence-electron chi connectivity index (χ1n) is 7.96. The Bertz CT molecular complexity index is 387. The van der Waals surface area contributed by atoms with Crippen LogP contribution < -0.4 is 0 Å². The number of H-pyrrole nitrogens is 1. The fourth-order valence-electron chi connectivity index (χ4n) is 1.69. The van der Waals surface area contributed by atoms with Gasteiger partial charge in [-0.1, -0.05) is 13.8 Å². The molecule has 0 aliphatic heterocycles. The van der Waals surface area contributed by atoms with E-state index in [-0.39, 0.29) is 0 Å². The zero-order valence-electron chi connectivity index (χ0n) is 13.7. The smallest absolute Gasteiger partial charge is 0.108 e. The molecule has 2 heterocycles. The summed E-state index contributed by atoms with van der Waals surface area (Å²) in [4.78, 5) is 11.0. The van der Waals surface area contributed by atoms with Crippen molar-refractivity contribution in [3.05, 3.63) is 36.9 Å². The Morgan fingerprint density at radius 3 is 2.41 bits per heavy atom. The van der Waals surface area contributed by atoms with Gasteiger partial charge in [0.2, 0.25) is 0 Å². The van der Waals surface area contributed by atoms with Crippen LogP contribution in [0.1, 0.15) is 32.5 Å². The van der Waals surface area contributed by atoms with Crippen LogP contribution in [0.2, 0.25) is 0 Å². The highest BCUT2D eigenvalue weighted by Crippen LogP contribution is 1.91.